The van der Waals surface area contributed by atoms with E-state index in [1.165, 1.54) is 0 Å². The van der Waals surface area contributed by atoms with Crippen LogP contribution in [0.5, 0.6) is 0 Å². The monoisotopic (exact) mass is 402 g/mol. The van der Waals surface area contributed by atoms with E-state index in [2.05, 4.69) is 30.5 Å². The Labute approximate surface area is 173 Å². The van der Waals surface area contributed by atoms with E-state index in [9.17, 15) is 4.79 Å². The van der Waals surface area contributed by atoms with Crippen molar-refractivity contribution in [3.05, 3.63) is 58.6 Å². The van der Waals surface area contributed by atoms with Gasteiger partial charge in [0.1, 0.15) is 5.60 Å². The standard InChI is InChI=1S/C23H31ClN2O2/c1-16-10-11-18(15-20(16)24)25-13-12-23(5,6)17-8-7-9-19(14-17)26-21(27)28-22(2,3)4/h7-11,14-15,25H,12-13H2,1-6H3,(H,26,27). The van der Waals surface area contributed by atoms with Crippen LogP contribution in [0.4, 0.5) is 16.2 Å². The molecule has 0 spiro atoms. The van der Waals surface area contributed by atoms with Gasteiger partial charge in [-0.1, -0.05) is 43.6 Å². The van der Waals surface area contributed by atoms with Gasteiger partial charge in [0.05, 0.1) is 0 Å². The molecule has 4 nitrogen and oxygen atoms in total. The van der Waals surface area contributed by atoms with Crippen LogP contribution < -0.4 is 10.6 Å². The molecule has 0 unspecified atom stereocenters. The van der Waals surface area contributed by atoms with E-state index >= 15 is 0 Å². The number of amides is 1. The predicted molar refractivity (Wildman–Crippen MR) is 119 cm³/mol. The number of hydrogen-bond donors (Lipinski definition) is 2. The third-order valence-electron chi connectivity index (χ3n) is 4.54. The molecule has 0 radical (unpaired) electrons. The molecule has 2 aromatic carbocycles. The first kappa shape index (κ1) is 22.1. The van der Waals surface area contributed by atoms with E-state index in [0.29, 0.717) is 0 Å². The van der Waals surface area contributed by atoms with Crippen molar-refractivity contribution in [2.75, 3.05) is 17.2 Å². The third kappa shape index (κ3) is 6.75. The molecule has 0 bridgehead atoms. The van der Waals surface area contributed by atoms with Crippen molar-refractivity contribution >= 4 is 29.1 Å². The van der Waals surface area contributed by atoms with Gasteiger partial charge in [0.25, 0.3) is 0 Å². The van der Waals surface area contributed by atoms with Gasteiger partial charge in [-0.15, -0.1) is 0 Å². The van der Waals surface area contributed by atoms with Crippen molar-refractivity contribution < 1.29 is 9.53 Å². The summed E-state index contributed by atoms with van der Waals surface area (Å²) >= 11 is 6.19. The Morgan fingerprint density at radius 1 is 1.04 bits per heavy atom. The normalized spacial score (nSPS) is 11.8. The van der Waals surface area contributed by atoms with Crippen molar-refractivity contribution in [1.29, 1.82) is 0 Å². The van der Waals surface area contributed by atoms with Crippen LogP contribution >= 0.6 is 11.6 Å². The molecule has 2 aromatic rings. The highest BCUT2D eigenvalue weighted by molar-refractivity contribution is 6.31. The summed E-state index contributed by atoms with van der Waals surface area (Å²) in [6.45, 7) is 12.7. The zero-order chi connectivity index (χ0) is 20.9. The Morgan fingerprint density at radius 2 is 1.75 bits per heavy atom. The molecular weight excluding hydrogens is 372 g/mol. The predicted octanol–water partition coefficient (Wildman–Crippen LogP) is 6.78. The summed E-state index contributed by atoms with van der Waals surface area (Å²) in [6.07, 6.45) is 0.481. The molecular formula is C23H31ClN2O2. The minimum absolute atomic E-state index is 0.0624. The number of anilines is 2. The minimum atomic E-state index is -0.522. The topological polar surface area (TPSA) is 50.4 Å². The van der Waals surface area contributed by atoms with Gasteiger partial charge in [-0.25, -0.2) is 4.79 Å². The van der Waals surface area contributed by atoms with E-state index in [4.69, 9.17) is 16.3 Å². The van der Waals surface area contributed by atoms with Crippen molar-refractivity contribution in [2.24, 2.45) is 0 Å². The molecule has 0 saturated heterocycles. The van der Waals surface area contributed by atoms with Crippen molar-refractivity contribution in [2.45, 2.75) is 59.0 Å². The summed E-state index contributed by atoms with van der Waals surface area (Å²) in [5.41, 5.74) is 3.40. The van der Waals surface area contributed by atoms with Crippen molar-refractivity contribution in [3.63, 3.8) is 0 Å². The lowest BCUT2D eigenvalue weighted by Crippen LogP contribution is -2.27. The first-order valence-electron chi connectivity index (χ1n) is 9.57. The Hall–Kier alpha value is -2.20. The molecule has 5 heteroatoms. The highest BCUT2D eigenvalue weighted by Gasteiger charge is 2.21. The summed E-state index contributed by atoms with van der Waals surface area (Å²) in [4.78, 5) is 12.0. The van der Waals surface area contributed by atoms with Gasteiger partial charge in [0, 0.05) is 22.9 Å². The Kier molecular flexibility index (Phi) is 7.00. The summed E-state index contributed by atoms with van der Waals surface area (Å²) in [7, 11) is 0. The average Bonchev–Trinajstić information content (AvgIpc) is 2.56. The highest BCUT2D eigenvalue weighted by atomic mass is 35.5. The second-order valence-corrected chi connectivity index (χ2v) is 9.14. The molecule has 1 amide bonds. The SMILES string of the molecule is Cc1ccc(NCCC(C)(C)c2cccc(NC(=O)OC(C)(C)C)c2)cc1Cl. The molecule has 2 rings (SSSR count). The number of carbonyl (C=O) groups is 1. The number of hydrogen-bond acceptors (Lipinski definition) is 3. The van der Waals surface area contributed by atoms with Crippen LogP contribution in [0.25, 0.3) is 0 Å². The zero-order valence-corrected chi connectivity index (χ0v) is 18.4. The van der Waals surface area contributed by atoms with Crippen LogP contribution in [-0.4, -0.2) is 18.2 Å². The maximum atomic E-state index is 12.0. The van der Waals surface area contributed by atoms with Gasteiger partial charge < -0.3 is 10.1 Å². The molecule has 152 valence electrons. The Morgan fingerprint density at radius 3 is 2.39 bits per heavy atom. The molecule has 0 aliphatic carbocycles. The molecule has 2 N–H and O–H groups in total. The van der Waals surface area contributed by atoms with Crippen LogP contribution in [0.15, 0.2) is 42.5 Å². The lowest BCUT2D eigenvalue weighted by atomic mass is 9.81. The van der Waals surface area contributed by atoms with E-state index < -0.39 is 11.7 Å². The molecule has 0 saturated carbocycles. The van der Waals surface area contributed by atoms with Crippen LogP contribution in [0.2, 0.25) is 5.02 Å². The van der Waals surface area contributed by atoms with Gasteiger partial charge >= 0.3 is 6.09 Å². The lowest BCUT2D eigenvalue weighted by molar-refractivity contribution is 0.0636. The molecule has 0 aliphatic heterocycles. The first-order valence-corrected chi connectivity index (χ1v) is 9.95. The minimum Gasteiger partial charge on any atom is -0.444 e. The Bertz CT molecular complexity index is 826. The number of carbonyl (C=O) groups excluding carboxylic acids is 1. The van der Waals surface area contributed by atoms with Crippen LogP contribution in [0.3, 0.4) is 0 Å². The third-order valence-corrected chi connectivity index (χ3v) is 4.95. The summed E-state index contributed by atoms with van der Waals surface area (Å²) in [5, 5.41) is 7.02. The second kappa shape index (κ2) is 8.87. The highest BCUT2D eigenvalue weighted by Crippen LogP contribution is 2.29. The molecule has 0 aliphatic rings. The summed E-state index contributed by atoms with van der Waals surface area (Å²) < 4.78 is 5.33. The smallest absolute Gasteiger partial charge is 0.412 e. The number of rotatable bonds is 6. The number of nitrogens with one attached hydrogen (secondary N) is 2. The van der Waals surface area contributed by atoms with Gasteiger partial charge in [-0.3, -0.25) is 5.32 Å². The molecule has 0 atom stereocenters. The number of benzene rings is 2. The number of ether oxygens (including phenoxy) is 1. The Balaban J connectivity index is 1.98. The van der Waals surface area contributed by atoms with E-state index in [-0.39, 0.29) is 5.41 Å². The summed E-state index contributed by atoms with van der Waals surface area (Å²) in [5.74, 6) is 0. The van der Waals surface area contributed by atoms with Gasteiger partial charge in [-0.05, 0) is 74.9 Å². The largest absolute Gasteiger partial charge is 0.444 e. The number of aryl methyl sites for hydroxylation is 1. The van der Waals surface area contributed by atoms with E-state index in [1.54, 1.807) is 0 Å². The zero-order valence-electron chi connectivity index (χ0n) is 17.7. The lowest BCUT2D eigenvalue weighted by Gasteiger charge is -2.26. The van der Waals surface area contributed by atoms with Crippen molar-refractivity contribution in [1.82, 2.24) is 0 Å². The molecule has 0 fully saturated rings. The van der Waals surface area contributed by atoms with Gasteiger partial charge in [0.15, 0.2) is 0 Å². The maximum Gasteiger partial charge on any atom is 0.412 e. The number of halogens is 1. The van der Waals surface area contributed by atoms with E-state index in [0.717, 1.165) is 40.5 Å². The van der Waals surface area contributed by atoms with Crippen LogP contribution in [0, 0.1) is 6.92 Å². The van der Waals surface area contributed by atoms with Crippen molar-refractivity contribution in [3.8, 4) is 0 Å². The van der Waals surface area contributed by atoms with Crippen LogP contribution in [0.1, 0.15) is 52.2 Å². The van der Waals surface area contributed by atoms with Gasteiger partial charge in [-0.2, -0.15) is 0 Å². The quantitative estimate of drug-likeness (QED) is 0.560. The van der Waals surface area contributed by atoms with Crippen LogP contribution in [-0.2, 0) is 10.2 Å². The fourth-order valence-corrected chi connectivity index (χ4v) is 2.99. The molecule has 0 aromatic heterocycles. The fraction of sp³-hybridized carbons (Fsp3) is 0.435. The van der Waals surface area contributed by atoms with Gasteiger partial charge in [0.2, 0.25) is 0 Å². The second-order valence-electron chi connectivity index (χ2n) is 8.73. The molecule has 28 heavy (non-hydrogen) atoms. The first-order chi connectivity index (χ1) is 13.0. The molecule has 0 heterocycles. The summed E-state index contributed by atoms with van der Waals surface area (Å²) in [6, 6.07) is 13.9. The fourth-order valence-electron chi connectivity index (χ4n) is 2.81. The average molecular weight is 403 g/mol. The van der Waals surface area contributed by atoms with E-state index in [1.807, 2.05) is 64.1 Å². The maximum absolute atomic E-state index is 12.0.